The standard InChI is InChI=1S/C20H21ClN2O4/c1-14(27-20(25)17-4-2-3-5-18(17)21)19(24)22-15-6-8-16(9-7-15)23-10-12-26-13-11-23/h2-9,14H,10-13H2,1H3,(H,22,24). The van der Waals surface area contributed by atoms with Gasteiger partial charge in [0.05, 0.1) is 23.8 Å². The molecule has 1 N–H and O–H groups in total. The number of rotatable bonds is 5. The van der Waals surface area contributed by atoms with Crippen LogP contribution in [0.15, 0.2) is 48.5 Å². The second kappa shape index (κ2) is 8.88. The van der Waals surface area contributed by atoms with Crippen molar-refractivity contribution in [2.24, 2.45) is 0 Å². The number of halogens is 1. The van der Waals surface area contributed by atoms with Crippen LogP contribution >= 0.6 is 11.6 Å². The largest absolute Gasteiger partial charge is 0.449 e. The van der Waals surface area contributed by atoms with E-state index in [0.717, 1.165) is 18.8 Å². The smallest absolute Gasteiger partial charge is 0.340 e. The van der Waals surface area contributed by atoms with Crippen LogP contribution in [0.1, 0.15) is 17.3 Å². The average Bonchev–Trinajstić information content (AvgIpc) is 2.69. The summed E-state index contributed by atoms with van der Waals surface area (Å²) in [5.74, 6) is -1.04. The van der Waals surface area contributed by atoms with Gasteiger partial charge in [0.25, 0.3) is 5.91 Å². The van der Waals surface area contributed by atoms with Crippen molar-refractivity contribution in [3.05, 3.63) is 59.1 Å². The topological polar surface area (TPSA) is 67.9 Å². The Kier molecular flexibility index (Phi) is 6.32. The highest BCUT2D eigenvalue weighted by molar-refractivity contribution is 6.33. The van der Waals surface area contributed by atoms with Crippen LogP contribution < -0.4 is 10.2 Å². The van der Waals surface area contributed by atoms with Crippen molar-refractivity contribution in [2.75, 3.05) is 36.5 Å². The Labute approximate surface area is 163 Å². The van der Waals surface area contributed by atoms with Gasteiger partial charge in [0.2, 0.25) is 0 Å². The predicted octanol–water partition coefficient (Wildman–Crippen LogP) is 3.36. The maximum absolute atomic E-state index is 12.3. The van der Waals surface area contributed by atoms with Gasteiger partial charge in [-0.25, -0.2) is 4.79 Å². The number of hydrogen-bond donors (Lipinski definition) is 1. The van der Waals surface area contributed by atoms with Crippen molar-refractivity contribution in [3.63, 3.8) is 0 Å². The molecule has 3 rings (SSSR count). The third-order valence-corrected chi connectivity index (χ3v) is 4.59. The van der Waals surface area contributed by atoms with Gasteiger partial charge in [-0.05, 0) is 43.3 Å². The molecule has 1 aliphatic rings. The molecule has 1 amide bonds. The maximum atomic E-state index is 12.3. The van der Waals surface area contributed by atoms with Crippen LogP contribution in [-0.2, 0) is 14.3 Å². The Morgan fingerprint density at radius 2 is 1.78 bits per heavy atom. The number of ether oxygens (including phenoxy) is 2. The first-order valence-corrected chi connectivity index (χ1v) is 9.11. The van der Waals surface area contributed by atoms with Gasteiger partial charge in [-0.3, -0.25) is 4.79 Å². The molecule has 0 radical (unpaired) electrons. The minimum atomic E-state index is -0.951. The SMILES string of the molecule is CC(OC(=O)c1ccccc1Cl)C(=O)Nc1ccc(N2CCOCC2)cc1. The molecule has 1 atom stereocenters. The Balaban J connectivity index is 1.56. The van der Waals surface area contributed by atoms with Crippen molar-refractivity contribution in [3.8, 4) is 0 Å². The number of nitrogens with one attached hydrogen (secondary N) is 1. The summed E-state index contributed by atoms with van der Waals surface area (Å²) in [5, 5.41) is 3.04. The van der Waals surface area contributed by atoms with E-state index < -0.39 is 18.0 Å². The van der Waals surface area contributed by atoms with Crippen LogP contribution in [0.4, 0.5) is 11.4 Å². The lowest BCUT2D eigenvalue weighted by atomic mass is 10.2. The summed E-state index contributed by atoms with van der Waals surface area (Å²) in [6.45, 7) is 4.65. The lowest BCUT2D eigenvalue weighted by Crippen LogP contribution is -2.36. The van der Waals surface area contributed by atoms with Gasteiger partial charge in [-0.1, -0.05) is 23.7 Å². The van der Waals surface area contributed by atoms with Crippen molar-refractivity contribution < 1.29 is 19.1 Å². The number of carbonyl (C=O) groups excluding carboxylic acids is 2. The van der Waals surface area contributed by atoms with E-state index in [-0.39, 0.29) is 10.6 Å². The molecule has 0 saturated carbocycles. The number of carbonyl (C=O) groups is 2. The molecule has 0 aromatic heterocycles. The lowest BCUT2D eigenvalue weighted by Gasteiger charge is -2.28. The zero-order valence-electron chi connectivity index (χ0n) is 15.0. The summed E-state index contributed by atoms with van der Waals surface area (Å²) in [6, 6.07) is 14.1. The molecular formula is C20H21ClN2O4. The molecule has 1 unspecified atom stereocenters. The van der Waals surface area contributed by atoms with Crippen molar-refractivity contribution >= 4 is 34.9 Å². The predicted molar refractivity (Wildman–Crippen MR) is 104 cm³/mol. The summed E-state index contributed by atoms with van der Waals surface area (Å²) in [5.41, 5.74) is 1.95. The molecule has 1 fully saturated rings. The molecule has 0 bridgehead atoms. The van der Waals surface area contributed by atoms with E-state index in [0.29, 0.717) is 18.9 Å². The minimum absolute atomic E-state index is 0.230. The number of esters is 1. The summed E-state index contributed by atoms with van der Waals surface area (Å²) >= 11 is 5.98. The van der Waals surface area contributed by atoms with Gasteiger partial charge < -0.3 is 19.7 Å². The van der Waals surface area contributed by atoms with Crippen molar-refractivity contribution in [1.29, 1.82) is 0 Å². The Morgan fingerprint density at radius 3 is 2.44 bits per heavy atom. The molecule has 2 aromatic carbocycles. The molecular weight excluding hydrogens is 368 g/mol. The number of anilines is 2. The molecule has 1 heterocycles. The highest BCUT2D eigenvalue weighted by Crippen LogP contribution is 2.20. The summed E-state index contributed by atoms with van der Waals surface area (Å²) in [4.78, 5) is 26.7. The first-order valence-electron chi connectivity index (χ1n) is 8.74. The number of amides is 1. The second-order valence-corrected chi connectivity index (χ2v) is 6.57. The van der Waals surface area contributed by atoms with Crippen LogP contribution in [0.25, 0.3) is 0 Å². The molecule has 7 heteroatoms. The first kappa shape index (κ1) is 19.2. The van der Waals surface area contributed by atoms with Gasteiger partial charge in [-0.2, -0.15) is 0 Å². The highest BCUT2D eigenvalue weighted by Gasteiger charge is 2.20. The molecule has 0 spiro atoms. The Hall–Kier alpha value is -2.57. The van der Waals surface area contributed by atoms with Gasteiger partial charge >= 0.3 is 5.97 Å². The van der Waals surface area contributed by atoms with Crippen molar-refractivity contribution in [2.45, 2.75) is 13.0 Å². The normalized spacial score (nSPS) is 15.1. The Morgan fingerprint density at radius 1 is 1.11 bits per heavy atom. The molecule has 0 aliphatic carbocycles. The minimum Gasteiger partial charge on any atom is -0.449 e. The van der Waals surface area contributed by atoms with E-state index in [1.807, 2.05) is 24.3 Å². The van der Waals surface area contributed by atoms with Gasteiger partial charge in [0.1, 0.15) is 0 Å². The van der Waals surface area contributed by atoms with E-state index >= 15 is 0 Å². The molecule has 1 aliphatic heterocycles. The van der Waals surface area contributed by atoms with E-state index in [1.165, 1.54) is 6.92 Å². The quantitative estimate of drug-likeness (QED) is 0.795. The van der Waals surface area contributed by atoms with Gasteiger partial charge in [-0.15, -0.1) is 0 Å². The third-order valence-electron chi connectivity index (χ3n) is 4.26. The van der Waals surface area contributed by atoms with Crippen LogP contribution in [0.3, 0.4) is 0 Å². The number of hydrogen-bond acceptors (Lipinski definition) is 5. The summed E-state index contributed by atoms with van der Waals surface area (Å²) < 4.78 is 10.6. The zero-order valence-corrected chi connectivity index (χ0v) is 15.7. The highest BCUT2D eigenvalue weighted by atomic mass is 35.5. The monoisotopic (exact) mass is 388 g/mol. The molecule has 2 aromatic rings. The average molecular weight is 389 g/mol. The summed E-state index contributed by atoms with van der Waals surface area (Å²) in [6.07, 6.45) is -0.951. The number of nitrogens with zero attached hydrogens (tertiary/aromatic N) is 1. The molecule has 27 heavy (non-hydrogen) atoms. The van der Waals surface area contributed by atoms with Gasteiger partial charge in [0, 0.05) is 24.5 Å². The fraction of sp³-hybridized carbons (Fsp3) is 0.300. The van der Waals surface area contributed by atoms with Crippen LogP contribution in [0.5, 0.6) is 0 Å². The van der Waals surface area contributed by atoms with Crippen LogP contribution in [0, 0.1) is 0 Å². The van der Waals surface area contributed by atoms with Crippen LogP contribution in [-0.4, -0.2) is 44.3 Å². The van der Waals surface area contributed by atoms with E-state index in [4.69, 9.17) is 21.1 Å². The van der Waals surface area contributed by atoms with Crippen molar-refractivity contribution in [1.82, 2.24) is 0 Å². The van der Waals surface area contributed by atoms with Gasteiger partial charge in [0.15, 0.2) is 6.10 Å². The first-order chi connectivity index (χ1) is 13.0. The van der Waals surface area contributed by atoms with E-state index in [2.05, 4.69) is 10.2 Å². The third kappa shape index (κ3) is 4.99. The van der Waals surface area contributed by atoms with E-state index in [9.17, 15) is 9.59 Å². The number of morpholine rings is 1. The molecule has 1 saturated heterocycles. The maximum Gasteiger partial charge on any atom is 0.340 e. The van der Waals surface area contributed by atoms with Crippen LogP contribution in [0.2, 0.25) is 5.02 Å². The molecule has 6 nitrogen and oxygen atoms in total. The number of benzene rings is 2. The van der Waals surface area contributed by atoms with E-state index in [1.54, 1.807) is 24.3 Å². The summed E-state index contributed by atoms with van der Waals surface area (Å²) in [7, 11) is 0. The zero-order chi connectivity index (χ0) is 19.2. The molecule has 142 valence electrons. The Bertz CT molecular complexity index is 804. The second-order valence-electron chi connectivity index (χ2n) is 6.16. The lowest BCUT2D eigenvalue weighted by molar-refractivity contribution is -0.123. The fourth-order valence-corrected chi connectivity index (χ4v) is 2.94. The fourth-order valence-electron chi connectivity index (χ4n) is 2.73.